The molecule has 2 aromatic heterocycles. The third-order valence-corrected chi connectivity index (χ3v) is 6.77. The first-order chi connectivity index (χ1) is 23.5. The molecule has 4 aromatic carbocycles. The summed E-state index contributed by atoms with van der Waals surface area (Å²) in [7, 11) is 0. The molecule has 16 nitrogen and oxygen atoms in total. The van der Waals surface area contributed by atoms with E-state index in [2.05, 4.69) is 30.7 Å². The Morgan fingerprint density at radius 3 is 1.61 bits per heavy atom. The second-order valence-corrected chi connectivity index (χ2v) is 10.1. The Morgan fingerprint density at radius 1 is 0.686 bits per heavy atom. The van der Waals surface area contributed by atoms with E-state index in [-0.39, 0.29) is 80.9 Å². The van der Waals surface area contributed by atoms with Crippen molar-refractivity contribution in [2.45, 2.75) is 13.8 Å². The van der Waals surface area contributed by atoms with Gasteiger partial charge in [-0.15, -0.1) is 26.7 Å². The van der Waals surface area contributed by atoms with Crippen LogP contribution in [0.4, 0.5) is 28.4 Å². The Hall–Kier alpha value is -5.70. The van der Waals surface area contributed by atoms with Gasteiger partial charge >= 0.3 is 46.9 Å². The molecule has 0 fully saturated rings. The number of rotatable bonds is 8. The van der Waals surface area contributed by atoms with Gasteiger partial charge in [0.15, 0.2) is 0 Å². The maximum atomic E-state index is 12.4. The van der Waals surface area contributed by atoms with Gasteiger partial charge in [0.05, 0.1) is 22.3 Å². The van der Waals surface area contributed by atoms with Crippen molar-refractivity contribution in [3.05, 3.63) is 151 Å². The number of azo groups is 2. The smallest absolute Gasteiger partial charge is 0.871 e. The number of para-hydroxylation sites is 2. The van der Waals surface area contributed by atoms with Gasteiger partial charge in [-0.1, -0.05) is 80.3 Å². The molecule has 0 bridgehead atoms. The molecule has 0 amide bonds. The van der Waals surface area contributed by atoms with E-state index in [1.54, 1.807) is 74.5 Å². The zero-order chi connectivity index (χ0) is 35.1. The number of aromatic carboxylic acids is 1. The van der Waals surface area contributed by atoms with Crippen LogP contribution in [-0.4, -0.2) is 20.3 Å². The molecule has 0 N–H and O–H groups in total. The van der Waals surface area contributed by atoms with Gasteiger partial charge in [-0.3, -0.25) is 19.7 Å². The first-order valence-corrected chi connectivity index (χ1v) is 14.3. The minimum atomic E-state index is -1.36. The van der Waals surface area contributed by atoms with Crippen LogP contribution in [0.3, 0.4) is 0 Å². The van der Waals surface area contributed by atoms with Crippen molar-refractivity contribution >= 4 is 34.4 Å². The number of nitro benzene ring substituents is 1. The van der Waals surface area contributed by atoms with Crippen LogP contribution in [-0.2, 0) is 17.4 Å². The van der Waals surface area contributed by atoms with E-state index < -0.39 is 27.8 Å². The first kappa shape index (κ1) is 39.7. The van der Waals surface area contributed by atoms with Crippen molar-refractivity contribution in [3.8, 4) is 17.1 Å². The third-order valence-electron chi connectivity index (χ3n) is 6.77. The van der Waals surface area contributed by atoms with Crippen LogP contribution in [0.5, 0.6) is 5.75 Å². The number of aromatic nitrogens is 4. The van der Waals surface area contributed by atoms with Gasteiger partial charge in [0.25, 0.3) is 16.8 Å². The monoisotopic (exact) mass is 732 g/mol. The summed E-state index contributed by atoms with van der Waals surface area (Å²) in [5.74, 6) is -1.89. The summed E-state index contributed by atoms with van der Waals surface area (Å²) < 4.78 is 2.41. The van der Waals surface area contributed by atoms with E-state index >= 15 is 0 Å². The van der Waals surface area contributed by atoms with Gasteiger partial charge in [-0.05, 0) is 30.3 Å². The fraction of sp³-hybridized carbons (Fsp3) is 0.0606. The number of non-ortho nitro benzene ring substituents is 1. The van der Waals surface area contributed by atoms with Gasteiger partial charge in [0.2, 0.25) is 0 Å². The van der Waals surface area contributed by atoms with E-state index in [9.17, 15) is 34.7 Å². The molecular formula is C33H23CrN9NaO7. The molecule has 0 aliphatic rings. The Kier molecular flexibility index (Phi) is 13.9. The number of hydrogen-bond acceptors (Lipinski definition) is 11. The fourth-order valence-corrected chi connectivity index (χ4v) is 4.35. The third kappa shape index (κ3) is 9.31. The van der Waals surface area contributed by atoms with Crippen LogP contribution in [0.2, 0.25) is 0 Å². The topological polar surface area (TPSA) is 228 Å². The Bertz CT molecular complexity index is 2330. The van der Waals surface area contributed by atoms with Crippen molar-refractivity contribution < 1.29 is 66.8 Å². The average Bonchev–Trinajstić information content (AvgIpc) is 3.56. The summed E-state index contributed by atoms with van der Waals surface area (Å²) in [5.41, 5.74) is 0.534. The van der Waals surface area contributed by atoms with Crippen LogP contribution in [0.25, 0.3) is 11.4 Å². The second-order valence-electron chi connectivity index (χ2n) is 10.1. The van der Waals surface area contributed by atoms with E-state index in [0.717, 1.165) is 18.2 Å². The minimum absolute atomic E-state index is 0. The fourth-order valence-electron chi connectivity index (χ4n) is 4.35. The van der Waals surface area contributed by atoms with Gasteiger partial charge in [-0.25, -0.2) is 0 Å². The molecule has 249 valence electrons. The van der Waals surface area contributed by atoms with Gasteiger partial charge < -0.3 is 34.6 Å². The number of carbonyl (C=O) groups is 1. The number of hydrogen-bond donors (Lipinski definition) is 0. The van der Waals surface area contributed by atoms with Gasteiger partial charge in [-0.2, -0.15) is 5.11 Å². The molecule has 0 saturated carbocycles. The number of carboxylic acid groups (broad SMARTS) is 1. The molecule has 6 rings (SSSR count). The molecule has 18 heteroatoms. The van der Waals surface area contributed by atoms with Crippen LogP contribution in [0, 0.1) is 24.0 Å². The standard InChI is InChI=1S/C17H14N4O3.C16H13N5O4.Cr.Na/c1-11-15(16(22)21(20-11)12-7-3-2-4-8-12)19-18-14-10-6-5-9-13(14)17(23)24;1-10-15(16(23)20(19-10)11-5-3-2-4-6-11)18-17-13-9-12(21(24)25)7-8-14(13)22;;/h2-10H,1H3,(H2,18,20,22,23,24);2-9H,1H3,(H2,17,18,19,22,23);;/q;;+3;+1/p-4. The molecule has 2 heterocycles. The zero-order valence-corrected chi connectivity index (χ0v) is 30.4. The Balaban J connectivity index is 0.000000265. The summed E-state index contributed by atoms with van der Waals surface area (Å²) in [6, 6.07) is 26.8. The van der Waals surface area contributed by atoms with Crippen molar-refractivity contribution in [2.24, 2.45) is 20.5 Å². The molecule has 51 heavy (non-hydrogen) atoms. The minimum Gasteiger partial charge on any atom is -0.871 e. The zero-order valence-electron chi connectivity index (χ0n) is 27.1. The van der Waals surface area contributed by atoms with E-state index in [1.165, 1.54) is 21.5 Å². The number of nitro groups is 1. The molecule has 0 spiro atoms. The molecule has 0 aliphatic heterocycles. The van der Waals surface area contributed by atoms with Crippen molar-refractivity contribution in [3.63, 3.8) is 0 Å². The molecule has 1 radical (unpaired) electrons. The second kappa shape index (κ2) is 17.8. The summed E-state index contributed by atoms with van der Waals surface area (Å²) in [6.07, 6.45) is 0. The number of carbonyl (C=O) groups excluding carboxylic acids is 1. The van der Waals surface area contributed by atoms with Gasteiger partial charge in [0, 0.05) is 29.1 Å². The predicted octanol–water partition coefficient (Wildman–Crippen LogP) is 1.38. The van der Waals surface area contributed by atoms with Crippen molar-refractivity contribution in [1.29, 1.82) is 0 Å². The molecule has 0 saturated heterocycles. The maximum absolute atomic E-state index is 12.4. The molecular weight excluding hydrogens is 709 g/mol. The molecule has 0 aliphatic carbocycles. The average molecular weight is 733 g/mol. The van der Waals surface area contributed by atoms with Crippen LogP contribution >= 0.6 is 0 Å². The predicted molar refractivity (Wildman–Crippen MR) is 172 cm³/mol. The Labute approximate surface area is 321 Å². The molecule has 0 atom stereocenters. The number of nitrogens with zero attached hydrogens (tertiary/aromatic N) is 9. The summed E-state index contributed by atoms with van der Waals surface area (Å²) in [6.45, 7) is 3.22. The quantitative estimate of drug-likeness (QED) is 0.0952. The van der Waals surface area contributed by atoms with E-state index in [4.69, 9.17) is 0 Å². The van der Waals surface area contributed by atoms with Gasteiger partial charge in [0.1, 0.15) is 11.4 Å². The van der Waals surface area contributed by atoms with Crippen LogP contribution < -0.4 is 61.1 Å². The largest absolute Gasteiger partial charge is 3.00 e. The van der Waals surface area contributed by atoms with Crippen molar-refractivity contribution in [2.75, 3.05) is 0 Å². The summed E-state index contributed by atoms with van der Waals surface area (Å²) in [4.78, 5) is 46.1. The molecule has 0 unspecified atom stereocenters. The van der Waals surface area contributed by atoms with Crippen LogP contribution in [0.1, 0.15) is 21.7 Å². The normalized spacial score (nSPS) is 10.6. The maximum Gasteiger partial charge on any atom is 3.00 e. The van der Waals surface area contributed by atoms with E-state index in [0.29, 0.717) is 22.8 Å². The molecule has 6 aromatic rings. The number of aryl methyl sites for hydroxylation is 2. The SMILES string of the molecule is Cc1[n-]n(-c2ccccc2)c(=O)c1N=Nc1cc([N+](=O)[O-])ccc1[O-].Cc1[n-]n(-c2ccccc2)c(=O)c1N=Nc1ccccc1C(=O)[O-].[Cr+3].[Na+]. The first-order valence-electron chi connectivity index (χ1n) is 14.3. The van der Waals surface area contributed by atoms with Crippen molar-refractivity contribution in [1.82, 2.24) is 19.6 Å². The van der Waals surface area contributed by atoms with Crippen LogP contribution in [0.15, 0.2) is 133 Å². The summed E-state index contributed by atoms with van der Waals surface area (Å²) >= 11 is 0. The Morgan fingerprint density at radius 2 is 1.14 bits per heavy atom. The van der Waals surface area contributed by atoms with E-state index in [1.807, 2.05) is 12.1 Å². The number of carboxylic acids is 1. The summed E-state index contributed by atoms with van der Waals surface area (Å²) in [5, 5.41) is 57.1. The number of benzene rings is 4.